The van der Waals surface area contributed by atoms with E-state index in [1.165, 1.54) is 0 Å². The Morgan fingerprint density at radius 2 is 1.00 bits per heavy atom. The van der Waals surface area contributed by atoms with Gasteiger partial charge in [-0.25, -0.2) is 0 Å². The molecule has 1 aromatic carbocycles. The molecule has 2 aliphatic heterocycles. The molecule has 2 unspecified atom stereocenters. The summed E-state index contributed by atoms with van der Waals surface area (Å²) in [5, 5.41) is 1.47. The Morgan fingerprint density at radius 1 is 0.580 bits per heavy atom. The number of hydrogen-bond donors (Lipinski definition) is 0. The van der Waals surface area contributed by atoms with Crippen LogP contribution in [0.1, 0.15) is 27.0 Å². The van der Waals surface area contributed by atoms with Crippen LogP contribution in [0.4, 0.5) is 0 Å². The first-order valence-electron chi connectivity index (χ1n) is 19.2. The first-order chi connectivity index (χ1) is 22.2. The number of rotatable bonds is 11. The van der Waals surface area contributed by atoms with Gasteiger partial charge in [-0.05, 0) is 0 Å². The zero-order valence-electron chi connectivity index (χ0n) is 36.1. The fourth-order valence-electron chi connectivity index (χ4n) is 13.0. The molecule has 11 heteroatoms. The molecular weight excluding hydrogens is 834 g/mol. The molecule has 280 valence electrons. The Labute approximate surface area is 331 Å². The van der Waals surface area contributed by atoms with Gasteiger partial charge in [-0.1, -0.05) is 0 Å². The van der Waals surface area contributed by atoms with Gasteiger partial charge in [0.1, 0.15) is 0 Å². The van der Waals surface area contributed by atoms with Crippen molar-refractivity contribution < 1.29 is 0 Å². The van der Waals surface area contributed by atoms with Gasteiger partial charge in [0.05, 0.1) is 0 Å². The SMILES string of the molecule is C[Si](C)(C)C(c1cc(C([Si](C)(C)C)([Si](C)(C)C)[Si](C)(C)C)cc(C([Si](C)(C)C)[Si](C)(C)C)[c]1[Ge]12[CH]=C3C=CC=CC=C3[CH]1SS[S]2)[Si](C)(C)C. The Hall–Kier alpha value is 1.29. The van der Waals surface area contributed by atoms with E-state index < -0.39 is 68.6 Å². The summed E-state index contributed by atoms with van der Waals surface area (Å²) in [6, 6.07) is 6.09. The molecule has 3 aliphatic rings. The second-order valence-electron chi connectivity index (χ2n) is 23.2. The summed E-state index contributed by atoms with van der Waals surface area (Å²) in [6.45, 7) is 57.8. The molecule has 0 saturated carbocycles. The third kappa shape index (κ3) is 7.69. The fourth-order valence-corrected chi connectivity index (χ4v) is 107. The molecule has 2 heterocycles. The van der Waals surface area contributed by atoms with Crippen LogP contribution in [0, 0.1) is 0 Å². The monoisotopic (exact) mass is 908 g/mol. The Morgan fingerprint density at radius 3 is 1.38 bits per heavy atom. The van der Waals surface area contributed by atoms with Crippen molar-refractivity contribution in [3.8, 4) is 0 Å². The molecule has 0 N–H and O–H groups in total. The van der Waals surface area contributed by atoms with Crippen LogP contribution in [0.2, 0.25) is 137 Å². The predicted octanol–water partition coefficient (Wildman–Crippen LogP) is 13.9. The van der Waals surface area contributed by atoms with Crippen LogP contribution in [0.3, 0.4) is 0 Å². The predicted molar refractivity (Wildman–Crippen MR) is 263 cm³/mol. The molecule has 2 atom stereocenters. The van der Waals surface area contributed by atoms with Crippen LogP contribution in [0.5, 0.6) is 0 Å². The fraction of sp³-hybridized carbons (Fsp3) is 0.641. The summed E-state index contributed by atoms with van der Waals surface area (Å²) in [5.74, 6) is 0. The molecule has 0 aromatic heterocycles. The summed E-state index contributed by atoms with van der Waals surface area (Å²) in [6.07, 6.45) is 11.9. The summed E-state index contributed by atoms with van der Waals surface area (Å²) >= 11 is -2.99. The standard InChI is InChI=1S/C39H74GeS3Si7/c1-44(2,3)37(45(4,5)6)33-27-31(39(48(13,14)15,49(16,17)18)50(19,20)21)28-34(38(46(7,8)9)47(10,11)12)35(33)40-29-30-25-23-22-24-26-32(30)36(40)41-43-42-40/h22-29,36-38H,1-21H3. The Balaban J connectivity index is 2.44. The third-order valence-electron chi connectivity index (χ3n) is 11.9. The molecule has 1 fully saturated rings. The maximum atomic E-state index is 3.04. The van der Waals surface area contributed by atoms with E-state index in [-0.39, 0.29) is 0 Å². The van der Waals surface area contributed by atoms with Crippen molar-refractivity contribution in [1.82, 2.24) is 0 Å². The maximum absolute atomic E-state index is 3.04. The summed E-state index contributed by atoms with van der Waals surface area (Å²) in [4.78, 5) is 2.97. The van der Waals surface area contributed by atoms with Gasteiger partial charge in [0.25, 0.3) is 0 Å². The van der Waals surface area contributed by atoms with Crippen LogP contribution in [-0.4, -0.2) is 72.7 Å². The average molecular weight is 908 g/mol. The number of benzene rings is 1. The second kappa shape index (κ2) is 14.0. The number of hydrogen-bond acceptors (Lipinski definition) is 3. The number of allylic oxidation sites excluding steroid dienone is 6. The van der Waals surface area contributed by atoms with E-state index in [2.05, 4.69) is 215 Å². The van der Waals surface area contributed by atoms with E-state index in [4.69, 9.17) is 0 Å². The van der Waals surface area contributed by atoms with E-state index in [0.29, 0.717) is 8.37 Å². The summed E-state index contributed by atoms with van der Waals surface area (Å²) < 4.78 is 2.98. The molecule has 1 aliphatic carbocycles. The van der Waals surface area contributed by atoms with Gasteiger partial charge >= 0.3 is 334 Å². The molecule has 0 spiro atoms. The first kappa shape index (κ1) is 44.0. The van der Waals surface area contributed by atoms with Crippen molar-refractivity contribution in [3.05, 3.63) is 75.3 Å². The van der Waals surface area contributed by atoms with Crippen molar-refractivity contribution in [3.63, 3.8) is 0 Å². The van der Waals surface area contributed by atoms with Crippen molar-refractivity contribution >= 4 is 103 Å². The van der Waals surface area contributed by atoms with Gasteiger partial charge in [0.2, 0.25) is 0 Å². The minimum atomic E-state index is -2.99. The van der Waals surface area contributed by atoms with Crippen molar-refractivity contribution in [2.24, 2.45) is 0 Å². The van der Waals surface area contributed by atoms with Crippen LogP contribution in [-0.2, 0) is 4.28 Å². The van der Waals surface area contributed by atoms with Gasteiger partial charge in [-0.3, -0.25) is 0 Å². The van der Waals surface area contributed by atoms with E-state index in [1.54, 1.807) is 11.1 Å². The van der Waals surface area contributed by atoms with Crippen molar-refractivity contribution in [2.75, 3.05) is 0 Å². The topological polar surface area (TPSA) is 0 Å². The van der Waals surface area contributed by atoms with Crippen molar-refractivity contribution in [2.45, 2.75) is 156 Å². The zero-order chi connectivity index (χ0) is 38.5. The van der Waals surface area contributed by atoms with Crippen LogP contribution >= 0.6 is 29.7 Å². The van der Waals surface area contributed by atoms with E-state index in [0.717, 1.165) is 10.3 Å². The normalized spacial score (nSPS) is 22.6. The molecule has 0 nitrogen and oxygen atoms in total. The summed E-state index contributed by atoms with van der Waals surface area (Å²) in [7, 11) is -4.94. The molecular formula is C39H74GeS3Si7. The summed E-state index contributed by atoms with van der Waals surface area (Å²) in [5.41, 5.74) is 8.84. The van der Waals surface area contributed by atoms with Gasteiger partial charge in [-0.2, -0.15) is 0 Å². The molecule has 0 bridgehead atoms. The van der Waals surface area contributed by atoms with Crippen LogP contribution in [0.15, 0.2) is 58.6 Å². The molecule has 1 saturated heterocycles. The Bertz CT molecular complexity index is 1480. The molecule has 0 amide bonds. The minimum absolute atomic E-state index is 0.369. The molecule has 0 radical (unpaired) electrons. The van der Waals surface area contributed by atoms with Crippen molar-refractivity contribution in [1.29, 1.82) is 0 Å². The third-order valence-corrected chi connectivity index (χ3v) is 78.8. The van der Waals surface area contributed by atoms with Crippen LogP contribution < -0.4 is 4.40 Å². The van der Waals surface area contributed by atoms with E-state index >= 15 is 0 Å². The van der Waals surface area contributed by atoms with Crippen LogP contribution in [0.25, 0.3) is 0 Å². The molecule has 1 aromatic rings. The quantitative estimate of drug-likeness (QED) is 0.160. The van der Waals surface area contributed by atoms with Gasteiger partial charge in [-0.15, -0.1) is 0 Å². The van der Waals surface area contributed by atoms with Gasteiger partial charge in [0, 0.05) is 0 Å². The first-order valence-corrected chi connectivity index (χ1v) is 53.6. The number of fused-ring (bicyclic) bond motifs is 3. The second-order valence-corrected chi connectivity index (χ2v) is 80.3. The molecule has 4 rings (SSSR count). The van der Waals surface area contributed by atoms with E-state index in [1.807, 2.05) is 21.1 Å². The van der Waals surface area contributed by atoms with Gasteiger partial charge < -0.3 is 0 Å². The zero-order valence-corrected chi connectivity index (χ0v) is 47.6. The Kier molecular flexibility index (Phi) is 12.4. The molecule has 50 heavy (non-hydrogen) atoms. The van der Waals surface area contributed by atoms with Gasteiger partial charge in [0.15, 0.2) is 0 Å². The average Bonchev–Trinajstić information content (AvgIpc) is 3.26. The van der Waals surface area contributed by atoms with E-state index in [9.17, 15) is 0 Å².